The van der Waals surface area contributed by atoms with Gasteiger partial charge in [0.25, 0.3) is 0 Å². The molecule has 0 unspecified atom stereocenters. The van der Waals surface area contributed by atoms with Crippen LogP contribution in [0.1, 0.15) is 31.9 Å². The zero-order chi connectivity index (χ0) is 18.3. The maximum absolute atomic E-state index is 13.5. The summed E-state index contributed by atoms with van der Waals surface area (Å²) in [7, 11) is 0. The van der Waals surface area contributed by atoms with Crippen LogP contribution in [0.25, 0.3) is 0 Å². The normalized spacial score (nSPS) is 11.6. The van der Waals surface area contributed by atoms with Crippen molar-refractivity contribution in [3.8, 4) is 5.75 Å². The number of phenolic OH excluding ortho intramolecular Hbond substituents is 1. The molecule has 0 bridgehead atoms. The summed E-state index contributed by atoms with van der Waals surface area (Å²) >= 11 is 0. The molecular weight excluding hydrogens is 444 g/mol. The van der Waals surface area contributed by atoms with Gasteiger partial charge in [0.1, 0.15) is 11.6 Å². The van der Waals surface area contributed by atoms with Gasteiger partial charge in [0.2, 0.25) is 0 Å². The van der Waals surface area contributed by atoms with Crippen LogP contribution in [0.5, 0.6) is 5.75 Å². The van der Waals surface area contributed by atoms with E-state index in [0.717, 1.165) is 17.7 Å². The number of benzene rings is 2. The Morgan fingerprint density at radius 3 is 2.50 bits per heavy atom. The van der Waals surface area contributed by atoms with Gasteiger partial charge in [0.05, 0.1) is 6.54 Å². The van der Waals surface area contributed by atoms with Crippen molar-refractivity contribution in [3.05, 3.63) is 65.5 Å². The molecule has 0 atom stereocenters. The van der Waals surface area contributed by atoms with E-state index in [1.165, 1.54) is 6.07 Å². The van der Waals surface area contributed by atoms with Crippen molar-refractivity contribution in [1.82, 2.24) is 10.6 Å². The Bertz CT molecular complexity index is 735. The second-order valence-electron chi connectivity index (χ2n) is 6.61. The van der Waals surface area contributed by atoms with E-state index in [-0.39, 0.29) is 41.0 Å². The van der Waals surface area contributed by atoms with Crippen molar-refractivity contribution >= 4 is 29.9 Å². The highest BCUT2D eigenvalue weighted by atomic mass is 127. The summed E-state index contributed by atoms with van der Waals surface area (Å²) in [6.45, 7) is 7.95. The van der Waals surface area contributed by atoms with E-state index in [0.29, 0.717) is 19.0 Å². The van der Waals surface area contributed by atoms with Crippen LogP contribution in [0.2, 0.25) is 0 Å². The molecule has 2 rings (SSSR count). The smallest absolute Gasteiger partial charge is 0.191 e. The summed E-state index contributed by atoms with van der Waals surface area (Å²) in [4.78, 5) is 4.55. The van der Waals surface area contributed by atoms with E-state index in [1.54, 1.807) is 30.3 Å². The van der Waals surface area contributed by atoms with Gasteiger partial charge in [-0.3, -0.25) is 0 Å². The standard InChI is InChI=1S/C20H26FN3O.HI/c1-4-22-19(23-13-15-7-5-10-18(25)11-15)24-14-20(2,3)16-8-6-9-17(21)12-16;/h5-12,25H,4,13-14H2,1-3H3,(H2,22,23,24);1H. The highest BCUT2D eigenvalue weighted by molar-refractivity contribution is 14.0. The van der Waals surface area contributed by atoms with Gasteiger partial charge < -0.3 is 15.7 Å². The first-order chi connectivity index (χ1) is 11.9. The fourth-order valence-corrected chi connectivity index (χ4v) is 2.48. The van der Waals surface area contributed by atoms with E-state index in [2.05, 4.69) is 29.5 Å². The summed E-state index contributed by atoms with van der Waals surface area (Å²) in [6.07, 6.45) is 0. The maximum Gasteiger partial charge on any atom is 0.191 e. The molecule has 6 heteroatoms. The molecule has 0 spiro atoms. The van der Waals surface area contributed by atoms with E-state index in [4.69, 9.17) is 0 Å². The van der Waals surface area contributed by atoms with Gasteiger partial charge in [0.15, 0.2) is 5.96 Å². The van der Waals surface area contributed by atoms with Crippen LogP contribution < -0.4 is 10.6 Å². The van der Waals surface area contributed by atoms with Gasteiger partial charge >= 0.3 is 0 Å². The highest BCUT2D eigenvalue weighted by Crippen LogP contribution is 2.22. The van der Waals surface area contributed by atoms with Crippen molar-refractivity contribution in [2.45, 2.75) is 32.7 Å². The second kappa shape index (κ2) is 10.4. The number of aliphatic imine (C=N–C) groups is 1. The molecule has 0 fully saturated rings. The molecule has 0 aliphatic rings. The summed E-state index contributed by atoms with van der Waals surface area (Å²) in [5.74, 6) is 0.697. The molecule has 0 amide bonds. The predicted molar refractivity (Wildman–Crippen MR) is 116 cm³/mol. The molecule has 0 radical (unpaired) electrons. The van der Waals surface area contributed by atoms with Gasteiger partial charge in [-0.1, -0.05) is 38.1 Å². The minimum absolute atomic E-state index is 0. The molecule has 4 nitrogen and oxygen atoms in total. The van der Waals surface area contributed by atoms with Crippen LogP contribution in [0.15, 0.2) is 53.5 Å². The number of aromatic hydroxyl groups is 1. The van der Waals surface area contributed by atoms with E-state index in [1.807, 2.05) is 19.1 Å². The van der Waals surface area contributed by atoms with Gasteiger partial charge in [-0.05, 0) is 42.3 Å². The molecule has 0 heterocycles. The molecule has 0 saturated carbocycles. The molecule has 26 heavy (non-hydrogen) atoms. The lowest BCUT2D eigenvalue weighted by Crippen LogP contribution is -2.43. The van der Waals surface area contributed by atoms with Crippen LogP contribution >= 0.6 is 24.0 Å². The quantitative estimate of drug-likeness (QED) is 0.337. The monoisotopic (exact) mass is 471 g/mol. The third kappa shape index (κ3) is 6.82. The number of halogens is 2. The first-order valence-corrected chi connectivity index (χ1v) is 8.47. The van der Waals surface area contributed by atoms with Crippen molar-refractivity contribution in [1.29, 1.82) is 0 Å². The number of phenols is 1. The van der Waals surface area contributed by atoms with Crippen LogP contribution in [0.4, 0.5) is 4.39 Å². The molecule has 2 aromatic rings. The summed E-state index contributed by atoms with van der Waals surface area (Å²) in [5.41, 5.74) is 1.62. The number of nitrogens with zero attached hydrogens (tertiary/aromatic N) is 1. The number of hydrogen-bond acceptors (Lipinski definition) is 2. The fourth-order valence-electron chi connectivity index (χ4n) is 2.48. The fraction of sp³-hybridized carbons (Fsp3) is 0.350. The maximum atomic E-state index is 13.5. The number of nitrogens with one attached hydrogen (secondary N) is 2. The van der Waals surface area contributed by atoms with Crippen molar-refractivity contribution in [3.63, 3.8) is 0 Å². The first-order valence-electron chi connectivity index (χ1n) is 8.47. The Morgan fingerprint density at radius 2 is 1.85 bits per heavy atom. The zero-order valence-electron chi connectivity index (χ0n) is 15.4. The molecule has 0 aromatic heterocycles. The van der Waals surface area contributed by atoms with Crippen molar-refractivity contribution in [2.24, 2.45) is 4.99 Å². The third-order valence-electron chi connectivity index (χ3n) is 3.98. The van der Waals surface area contributed by atoms with Crippen LogP contribution in [0.3, 0.4) is 0 Å². The molecule has 0 saturated heterocycles. The number of hydrogen-bond donors (Lipinski definition) is 3. The molecular formula is C20H27FIN3O. The van der Waals surface area contributed by atoms with Gasteiger partial charge in [-0.2, -0.15) is 0 Å². The summed E-state index contributed by atoms with van der Waals surface area (Å²) < 4.78 is 13.5. The number of rotatable bonds is 6. The summed E-state index contributed by atoms with van der Waals surface area (Å²) in [5, 5.41) is 16.1. The minimum atomic E-state index is -0.247. The Morgan fingerprint density at radius 1 is 1.12 bits per heavy atom. The Kier molecular flexibility index (Phi) is 8.84. The lowest BCUT2D eigenvalue weighted by Gasteiger charge is -2.27. The highest BCUT2D eigenvalue weighted by Gasteiger charge is 2.21. The zero-order valence-corrected chi connectivity index (χ0v) is 17.8. The topological polar surface area (TPSA) is 56.7 Å². The van der Waals surface area contributed by atoms with Crippen LogP contribution in [0, 0.1) is 5.82 Å². The Labute approximate surface area is 172 Å². The average molecular weight is 471 g/mol. The van der Waals surface area contributed by atoms with Crippen molar-refractivity contribution < 1.29 is 9.50 Å². The van der Waals surface area contributed by atoms with Crippen LogP contribution in [-0.4, -0.2) is 24.2 Å². The predicted octanol–water partition coefficient (Wildman–Crippen LogP) is 4.18. The van der Waals surface area contributed by atoms with E-state index < -0.39 is 0 Å². The lowest BCUT2D eigenvalue weighted by molar-refractivity contribution is 0.474. The van der Waals surface area contributed by atoms with Gasteiger partial charge in [-0.15, -0.1) is 24.0 Å². The van der Waals surface area contributed by atoms with Crippen molar-refractivity contribution in [2.75, 3.05) is 13.1 Å². The van der Waals surface area contributed by atoms with E-state index in [9.17, 15) is 9.50 Å². The minimum Gasteiger partial charge on any atom is -0.508 e. The second-order valence-corrected chi connectivity index (χ2v) is 6.61. The Balaban J connectivity index is 0.00000338. The SMILES string of the molecule is CCNC(=NCc1cccc(O)c1)NCC(C)(C)c1cccc(F)c1.I. The van der Waals surface area contributed by atoms with E-state index >= 15 is 0 Å². The van der Waals surface area contributed by atoms with Gasteiger partial charge in [0, 0.05) is 18.5 Å². The first kappa shape index (κ1) is 22.2. The number of guanidine groups is 1. The molecule has 3 N–H and O–H groups in total. The molecule has 0 aliphatic carbocycles. The average Bonchev–Trinajstić information content (AvgIpc) is 2.57. The third-order valence-corrected chi connectivity index (χ3v) is 3.98. The van der Waals surface area contributed by atoms with Gasteiger partial charge in [-0.25, -0.2) is 9.38 Å². The summed E-state index contributed by atoms with van der Waals surface area (Å²) in [6, 6.07) is 13.7. The molecule has 2 aromatic carbocycles. The molecule has 0 aliphatic heterocycles. The lowest BCUT2D eigenvalue weighted by atomic mass is 9.84. The molecule has 142 valence electrons. The largest absolute Gasteiger partial charge is 0.508 e. The van der Waals surface area contributed by atoms with Crippen LogP contribution in [-0.2, 0) is 12.0 Å². The Hall–Kier alpha value is -1.83.